The predicted octanol–water partition coefficient (Wildman–Crippen LogP) is 2.55. The lowest BCUT2D eigenvalue weighted by Gasteiger charge is -2.07. The summed E-state index contributed by atoms with van der Waals surface area (Å²) in [6.07, 6.45) is 5.66. The summed E-state index contributed by atoms with van der Waals surface area (Å²) in [5.74, 6) is -0.554. The number of fused-ring (bicyclic) bond motifs is 1. The number of hydrogen-bond donors (Lipinski definition) is 1. The number of nitrogens with one attached hydrogen (secondary N) is 1. The van der Waals surface area contributed by atoms with Gasteiger partial charge in [0.1, 0.15) is 0 Å². The van der Waals surface area contributed by atoms with Gasteiger partial charge in [0, 0.05) is 38.4 Å². The molecular formula is C21H20N4O3. The Hall–Kier alpha value is -3.61. The van der Waals surface area contributed by atoms with Crippen LogP contribution >= 0.6 is 0 Å². The summed E-state index contributed by atoms with van der Waals surface area (Å²) in [6, 6.07) is 15.3. The van der Waals surface area contributed by atoms with Crippen LogP contribution in [0.1, 0.15) is 17.5 Å². The van der Waals surface area contributed by atoms with Gasteiger partial charge in [-0.05, 0) is 23.3 Å². The Balaban J connectivity index is 1.29. The largest absolute Gasteiger partial charge is 0.419 e. The van der Waals surface area contributed by atoms with Crippen molar-refractivity contribution in [2.24, 2.45) is 0 Å². The number of carbonyl (C=O) groups excluding carboxylic acids is 1. The van der Waals surface area contributed by atoms with Crippen LogP contribution in [0.2, 0.25) is 0 Å². The molecule has 0 aliphatic carbocycles. The Morgan fingerprint density at radius 2 is 1.86 bits per heavy atom. The Morgan fingerprint density at radius 3 is 2.64 bits per heavy atom. The molecule has 7 nitrogen and oxygen atoms in total. The zero-order chi connectivity index (χ0) is 19.3. The van der Waals surface area contributed by atoms with Crippen molar-refractivity contribution in [2.75, 3.05) is 0 Å². The van der Waals surface area contributed by atoms with E-state index in [1.54, 1.807) is 18.6 Å². The van der Waals surface area contributed by atoms with Crippen LogP contribution in [0.25, 0.3) is 11.1 Å². The Bertz CT molecular complexity index is 1120. The first-order chi connectivity index (χ1) is 13.7. The van der Waals surface area contributed by atoms with Gasteiger partial charge < -0.3 is 14.3 Å². The molecule has 0 fully saturated rings. The molecule has 0 bridgehead atoms. The first-order valence-corrected chi connectivity index (χ1v) is 9.08. The van der Waals surface area contributed by atoms with Crippen LogP contribution < -0.4 is 11.1 Å². The van der Waals surface area contributed by atoms with Gasteiger partial charge in [0.15, 0.2) is 5.58 Å². The molecule has 0 unspecified atom stereocenters. The Morgan fingerprint density at radius 1 is 1.07 bits per heavy atom. The average molecular weight is 376 g/mol. The van der Waals surface area contributed by atoms with Crippen LogP contribution in [0, 0.1) is 0 Å². The number of rotatable bonds is 7. The van der Waals surface area contributed by atoms with E-state index in [-0.39, 0.29) is 18.9 Å². The van der Waals surface area contributed by atoms with Crippen LogP contribution in [-0.2, 0) is 24.4 Å². The van der Waals surface area contributed by atoms with Crippen LogP contribution in [-0.4, -0.2) is 20.0 Å². The number of para-hydroxylation sites is 2. The number of aryl methyl sites for hydroxylation is 1. The number of benzene rings is 2. The number of oxazole rings is 1. The van der Waals surface area contributed by atoms with Gasteiger partial charge in [-0.1, -0.05) is 36.4 Å². The normalized spacial score (nSPS) is 11.0. The van der Waals surface area contributed by atoms with Crippen molar-refractivity contribution in [1.29, 1.82) is 0 Å². The highest BCUT2D eigenvalue weighted by molar-refractivity contribution is 5.76. The van der Waals surface area contributed by atoms with E-state index >= 15 is 0 Å². The molecule has 1 N–H and O–H groups in total. The molecule has 4 rings (SSSR count). The molecule has 2 aromatic carbocycles. The van der Waals surface area contributed by atoms with Gasteiger partial charge >= 0.3 is 5.76 Å². The minimum absolute atomic E-state index is 0.111. The molecule has 142 valence electrons. The Labute approximate surface area is 161 Å². The van der Waals surface area contributed by atoms with E-state index in [9.17, 15) is 9.59 Å². The van der Waals surface area contributed by atoms with E-state index in [0.29, 0.717) is 17.6 Å². The summed E-state index contributed by atoms with van der Waals surface area (Å²) in [6.45, 7) is 1.50. The maximum Gasteiger partial charge on any atom is 0.419 e. The van der Waals surface area contributed by atoms with Crippen molar-refractivity contribution in [2.45, 2.75) is 26.1 Å². The summed E-state index contributed by atoms with van der Waals surface area (Å²) in [5.41, 5.74) is 3.42. The summed E-state index contributed by atoms with van der Waals surface area (Å²) in [7, 11) is 0. The van der Waals surface area contributed by atoms with E-state index in [4.69, 9.17) is 4.42 Å². The minimum Gasteiger partial charge on any atom is -0.408 e. The number of aromatic nitrogens is 3. The number of hydrogen-bond acceptors (Lipinski definition) is 4. The summed E-state index contributed by atoms with van der Waals surface area (Å²) in [5, 5.41) is 2.89. The fourth-order valence-corrected chi connectivity index (χ4v) is 3.08. The first kappa shape index (κ1) is 17.8. The number of nitrogens with zero attached hydrogens (tertiary/aromatic N) is 3. The van der Waals surface area contributed by atoms with Crippen molar-refractivity contribution < 1.29 is 9.21 Å². The maximum atomic E-state index is 12.2. The van der Waals surface area contributed by atoms with Crippen molar-refractivity contribution in [3.8, 4) is 0 Å². The monoisotopic (exact) mass is 376 g/mol. The second kappa shape index (κ2) is 7.96. The average Bonchev–Trinajstić information content (AvgIpc) is 3.33. The third kappa shape index (κ3) is 4.03. The number of imidazole rings is 1. The SMILES string of the molecule is O=C(CCn1c(=O)oc2ccccc21)NCc1ccc(Cn2ccnc2)cc1. The fourth-order valence-electron chi connectivity index (χ4n) is 3.08. The van der Waals surface area contributed by atoms with Gasteiger partial charge in [-0.15, -0.1) is 0 Å². The molecule has 2 heterocycles. The van der Waals surface area contributed by atoms with Crippen LogP contribution in [0.15, 0.2) is 76.5 Å². The van der Waals surface area contributed by atoms with E-state index in [1.807, 2.05) is 53.2 Å². The number of carbonyl (C=O) groups is 1. The van der Waals surface area contributed by atoms with Crippen LogP contribution in [0.4, 0.5) is 0 Å². The van der Waals surface area contributed by atoms with Crippen molar-refractivity contribution >= 4 is 17.0 Å². The molecule has 0 atom stereocenters. The molecule has 0 aliphatic heterocycles. The van der Waals surface area contributed by atoms with Gasteiger partial charge in [-0.25, -0.2) is 9.78 Å². The van der Waals surface area contributed by atoms with Gasteiger partial charge in [0.2, 0.25) is 5.91 Å². The highest BCUT2D eigenvalue weighted by Crippen LogP contribution is 2.12. The zero-order valence-corrected chi connectivity index (χ0v) is 15.2. The molecule has 0 aliphatic rings. The summed E-state index contributed by atoms with van der Waals surface area (Å²) >= 11 is 0. The molecule has 0 spiro atoms. The second-order valence-corrected chi connectivity index (χ2v) is 6.57. The quantitative estimate of drug-likeness (QED) is 0.537. The lowest BCUT2D eigenvalue weighted by Crippen LogP contribution is -2.25. The number of amides is 1. The fraction of sp³-hybridized carbons (Fsp3) is 0.190. The molecule has 0 saturated carbocycles. The highest BCUT2D eigenvalue weighted by Gasteiger charge is 2.10. The lowest BCUT2D eigenvalue weighted by atomic mass is 10.1. The summed E-state index contributed by atoms with van der Waals surface area (Å²) in [4.78, 5) is 28.1. The van der Waals surface area contributed by atoms with Crippen LogP contribution in [0.3, 0.4) is 0 Å². The van der Waals surface area contributed by atoms with Crippen molar-refractivity contribution in [1.82, 2.24) is 19.4 Å². The standard InChI is InChI=1S/C21H20N4O3/c26-20(9-11-25-18-3-1-2-4-19(18)28-21(25)27)23-13-16-5-7-17(8-6-16)14-24-12-10-22-15-24/h1-8,10,12,15H,9,11,13-14H2,(H,23,26). The lowest BCUT2D eigenvalue weighted by molar-refractivity contribution is -0.121. The molecule has 2 aromatic heterocycles. The predicted molar refractivity (Wildman–Crippen MR) is 105 cm³/mol. The minimum atomic E-state index is -0.442. The van der Waals surface area contributed by atoms with E-state index < -0.39 is 5.76 Å². The van der Waals surface area contributed by atoms with E-state index in [2.05, 4.69) is 10.3 Å². The van der Waals surface area contributed by atoms with Gasteiger partial charge in [-0.3, -0.25) is 9.36 Å². The summed E-state index contributed by atoms with van der Waals surface area (Å²) < 4.78 is 8.66. The molecular weight excluding hydrogens is 356 g/mol. The molecule has 1 amide bonds. The van der Waals surface area contributed by atoms with Crippen LogP contribution in [0.5, 0.6) is 0 Å². The first-order valence-electron chi connectivity index (χ1n) is 9.08. The van der Waals surface area contributed by atoms with E-state index in [0.717, 1.165) is 12.1 Å². The molecule has 0 saturated heterocycles. The smallest absolute Gasteiger partial charge is 0.408 e. The Kier molecular flexibility index (Phi) is 5.05. The molecule has 28 heavy (non-hydrogen) atoms. The van der Waals surface area contributed by atoms with E-state index in [1.165, 1.54) is 10.1 Å². The molecule has 7 heteroatoms. The molecule has 0 radical (unpaired) electrons. The van der Waals surface area contributed by atoms with Gasteiger partial charge in [-0.2, -0.15) is 0 Å². The van der Waals surface area contributed by atoms with Gasteiger partial charge in [0.25, 0.3) is 0 Å². The topological polar surface area (TPSA) is 82.1 Å². The second-order valence-electron chi connectivity index (χ2n) is 6.57. The van der Waals surface area contributed by atoms with Crippen molar-refractivity contribution in [3.05, 3.63) is 88.9 Å². The maximum absolute atomic E-state index is 12.2. The van der Waals surface area contributed by atoms with Crippen molar-refractivity contribution in [3.63, 3.8) is 0 Å². The highest BCUT2D eigenvalue weighted by atomic mass is 16.4. The third-order valence-corrected chi connectivity index (χ3v) is 4.57. The molecule has 4 aromatic rings. The zero-order valence-electron chi connectivity index (χ0n) is 15.2. The third-order valence-electron chi connectivity index (χ3n) is 4.57. The van der Waals surface area contributed by atoms with Gasteiger partial charge in [0.05, 0.1) is 11.8 Å².